The number of aromatic nitrogens is 4. The smallest absolute Gasteiger partial charge is 0.182 e. The highest BCUT2D eigenvalue weighted by Gasteiger charge is 2.21. The highest BCUT2D eigenvalue weighted by molar-refractivity contribution is 5.66. The Morgan fingerprint density at radius 1 is 1.48 bits per heavy atom. The van der Waals surface area contributed by atoms with Crippen molar-refractivity contribution in [1.82, 2.24) is 20.2 Å². The Kier molecular flexibility index (Phi) is 4.01. The largest absolute Gasteiger partial charge is 0.492 e. The SMILES string of the molecule is CCOc1ccc(-c2nnnn2C2CCCOC2)cc1N. The fraction of sp³-hybridized carbons (Fsp3) is 0.500. The minimum atomic E-state index is 0.177. The second kappa shape index (κ2) is 6.09. The van der Waals surface area contributed by atoms with E-state index in [4.69, 9.17) is 15.2 Å². The second-order valence-electron chi connectivity index (χ2n) is 5.00. The predicted molar refractivity (Wildman–Crippen MR) is 77.9 cm³/mol. The minimum Gasteiger partial charge on any atom is -0.492 e. The van der Waals surface area contributed by atoms with Crippen LogP contribution in [0.25, 0.3) is 11.4 Å². The van der Waals surface area contributed by atoms with Gasteiger partial charge in [0.1, 0.15) is 5.75 Å². The molecule has 1 atom stereocenters. The molecular formula is C14H19N5O2. The Morgan fingerprint density at radius 3 is 3.10 bits per heavy atom. The molecule has 1 aliphatic heterocycles. The standard InChI is InChI=1S/C14H19N5O2/c1-2-21-13-6-5-10(8-12(13)15)14-16-17-18-19(14)11-4-3-7-20-9-11/h5-6,8,11H,2-4,7,9,15H2,1H3. The van der Waals surface area contributed by atoms with Crippen LogP contribution in [0, 0.1) is 0 Å². The van der Waals surface area contributed by atoms with E-state index in [1.54, 1.807) is 0 Å². The number of anilines is 1. The number of hydrogen-bond donors (Lipinski definition) is 1. The van der Waals surface area contributed by atoms with Gasteiger partial charge in [-0.15, -0.1) is 5.10 Å². The fourth-order valence-corrected chi connectivity index (χ4v) is 2.52. The van der Waals surface area contributed by atoms with E-state index in [2.05, 4.69) is 15.5 Å². The summed E-state index contributed by atoms with van der Waals surface area (Å²) < 4.78 is 12.8. The minimum absolute atomic E-state index is 0.177. The normalized spacial score (nSPS) is 18.6. The van der Waals surface area contributed by atoms with E-state index in [0.717, 1.165) is 25.0 Å². The maximum absolute atomic E-state index is 6.01. The molecule has 0 saturated carbocycles. The van der Waals surface area contributed by atoms with E-state index in [1.807, 2.05) is 29.8 Å². The van der Waals surface area contributed by atoms with Crippen LogP contribution in [0.2, 0.25) is 0 Å². The van der Waals surface area contributed by atoms with E-state index in [9.17, 15) is 0 Å². The van der Waals surface area contributed by atoms with Crippen LogP contribution in [0.5, 0.6) is 5.75 Å². The van der Waals surface area contributed by atoms with Crippen LogP contribution in [0.1, 0.15) is 25.8 Å². The lowest BCUT2D eigenvalue weighted by atomic mass is 10.1. The first kappa shape index (κ1) is 13.8. The van der Waals surface area contributed by atoms with Crippen molar-refractivity contribution >= 4 is 5.69 Å². The average molecular weight is 289 g/mol. The highest BCUT2D eigenvalue weighted by atomic mass is 16.5. The van der Waals surface area contributed by atoms with Gasteiger partial charge in [0.2, 0.25) is 0 Å². The van der Waals surface area contributed by atoms with Crippen molar-refractivity contribution in [2.45, 2.75) is 25.8 Å². The fourth-order valence-electron chi connectivity index (χ4n) is 2.52. The van der Waals surface area contributed by atoms with Crippen LogP contribution in [0.15, 0.2) is 18.2 Å². The highest BCUT2D eigenvalue weighted by Crippen LogP contribution is 2.29. The molecule has 21 heavy (non-hydrogen) atoms. The molecule has 2 aromatic rings. The third-order valence-electron chi connectivity index (χ3n) is 3.54. The Labute approximate surface area is 123 Å². The van der Waals surface area contributed by atoms with Gasteiger partial charge in [0, 0.05) is 12.2 Å². The summed E-state index contributed by atoms with van der Waals surface area (Å²) in [5, 5.41) is 12.0. The molecule has 3 rings (SSSR count). The molecule has 1 aromatic heterocycles. The summed E-state index contributed by atoms with van der Waals surface area (Å²) in [5.41, 5.74) is 7.48. The van der Waals surface area contributed by atoms with Gasteiger partial charge in [0.05, 0.1) is 24.9 Å². The molecule has 1 aliphatic rings. The van der Waals surface area contributed by atoms with Crippen molar-refractivity contribution in [2.24, 2.45) is 0 Å². The lowest BCUT2D eigenvalue weighted by Gasteiger charge is -2.22. The summed E-state index contributed by atoms with van der Waals surface area (Å²) in [5.74, 6) is 1.39. The molecule has 1 unspecified atom stereocenters. The molecule has 112 valence electrons. The van der Waals surface area contributed by atoms with Gasteiger partial charge in [-0.2, -0.15) is 0 Å². The first-order valence-corrected chi connectivity index (χ1v) is 7.18. The number of hydrogen-bond acceptors (Lipinski definition) is 6. The lowest BCUT2D eigenvalue weighted by molar-refractivity contribution is 0.0548. The molecule has 2 heterocycles. The van der Waals surface area contributed by atoms with Gasteiger partial charge < -0.3 is 15.2 Å². The van der Waals surface area contributed by atoms with Crippen molar-refractivity contribution < 1.29 is 9.47 Å². The van der Waals surface area contributed by atoms with Gasteiger partial charge >= 0.3 is 0 Å². The van der Waals surface area contributed by atoms with Gasteiger partial charge in [-0.3, -0.25) is 0 Å². The molecule has 0 radical (unpaired) electrons. The lowest BCUT2D eigenvalue weighted by Crippen LogP contribution is -2.23. The van der Waals surface area contributed by atoms with E-state index >= 15 is 0 Å². The van der Waals surface area contributed by atoms with Crippen molar-refractivity contribution in [3.63, 3.8) is 0 Å². The Balaban J connectivity index is 1.90. The molecule has 0 aliphatic carbocycles. The molecule has 1 saturated heterocycles. The summed E-state index contributed by atoms with van der Waals surface area (Å²) in [7, 11) is 0. The molecule has 1 aromatic carbocycles. The van der Waals surface area contributed by atoms with Gasteiger partial charge in [0.25, 0.3) is 0 Å². The van der Waals surface area contributed by atoms with E-state index in [1.165, 1.54) is 0 Å². The Bertz CT molecular complexity index is 607. The first-order chi connectivity index (χ1) is 10.3. The van der Waals surface area contributed by atoms with Crippen LogP contribution >= 0.6 is 0 Å². The van der Waals surface area contributed by atoms with Crippen molar-refractivity contribution in [2.75, 3.05) is 25.6 Å². The van der Waals surface area contributed by atoms with Crippen LogP contribution in [-0.2, 0) is 4.74 Å². The number of ether oxygens (including phenoxy) is 2. The number of nitrogens with two attached hydrogens (primary N) is 1. The number of nitrogens with zero attached hydrogens (tertiary/aromatic N) is 4. The molecule has 0 amide bonds. The van der Waals surface area contributed by atoms with E-state index in [0.29, 0.717) is 30.5 Å². The summed E-state index contributed by atoms with van der Waals surface area (Å²) >= 11 is 0. The number of nitrogen functional groups attached to an aromatic ring is 1. The third kappa shape index (κ3) is 2.82. The van der Waals surface area contributed by atoms with Crippen molar-refractivity contribution in [3.8, 4) is 17.1 Å². The molecule has 1 fully saturated rings. The topological polar surface area (TPSA) is 88.1 Å². The summed E-state index contributed by atoms with van der Waals surface area (Å²) in [4.78, 5) is 0. The molecule has 0 bridgehead atoms. The maximum atomic E-state index is 6.01. The molecule has 7 nitrogen and oxygen atoms in total. The van der Waals surface area contributed by atoms with Crippen molar-refractivity contribution in [1.29, 1.82) is 0 Å². The van der Waals surface area contributed by atoms with Gasteiger partial charge in [-0.05, 0) is 48.4 Å². The zero-order chi connectivity index (χ0) is 14.7. The maximum Gasteiger partial charge on any atom is 0.182 e. The number of tetrazole rings is 1. The van der Waals surface area contributed by atoms with Gasteiger partial charge in [0.15, 0.2) is 5.82 Å². The first-order valence-electron chi connectivity index (χ1n) is 7.18. The van der Waals surface area contributed by atoms with Gasteiger partial charge in [-0.25, -0.2) is 4.68 Å². The predicted octanol–water partition coefficient (Wildman–Crippen LogP) is 1.67. The summed E-state index contributed by atoms with van der Waals surface area (Å²) in [6.45, 7) is 3.96. The second-order valence-corrected chi connectivity index (χ2v) is 5.00. The monoisotopic (exact) mass is 289 g/mol. The van der Waals surface area contributed by atoms with Gasteiger partial charge in [-0.1, -0.05) is 0 Å². The van der Waals surface area contributed by atoms with E-state index in [-0.39, 0.29) is 6.04 Å². The van der Waals surface area contributed by atoms with E-state index < -0.39 is 0 Å². The quantitative estimate of drug-likeness (QED) is 0.861. The summed E-state index contributed by atoms with van der Waals surface area (Å²) in [6.07, 6.45) is 2.04. The Morgan fingerprint density at radius 2 is 2.38 bits per heavy atom. The zero-order valence-corrected chi connectivity index (χ0v) is 12.0. The Hall–Kier alpha value is -2.15. The van der Waals surface area contributed by atoms with Crippen LogP contribution in [0.3, 0.4) is 0 Å². The average Bonchev–Trinajstić information content (AvgIpc) is 3.00. The molecular weight excluding hydrogens is 270 g/mol. The number of benzene rings is 1. The third-order valence-corrected chi connectivity index (χ3v) is 3.54. The van der Waals surface area contributed by atoms with Crippen LogP contribution in [-0.4, -0.2) is 40.0 Å². The van der Waals surface area contributed by atoms with Crippen molar-refractivity contribution in [3.05, 3.63) is 18.2 Å². The molecule has 2 N–H and O–H groups in total. The molecule has 7 heteroatoms. The summed E-state index contributed by atoms with van der Waals surface area (Å²) in [6, 6.07) is 5.80. The van der Waals surface area contributed by atoms with Crippen LogP contribution < -0.4 is 10.5 Å². The zero-order valence-electron chi connectivity index (χ0n) is 12.0. The molecule has 0 spiro atoms. The van der Waals surface area contributed by atoms with Crippen LogP contribution in [0.4, 0.5) is 5.69 Å². The number of rotatable bonds is 4.